The van der Waals surface area contributed by atoms with E-state index in [0.717, 1.165) is 34.9 Å². The molecular weight excluding hydrogens is 306 g/mol. The third-order valence-corrected chi connectivity index (χ3v) is 3.46. The molecule has 0 aliphatic heterocycles. The Hall–Kier alpha value is -2.38. The van der Waals surface area contributed by atoms with Crippen LogP contribution in [0.4, 0.5) is 5.95 Å². The second-order valence-electron chi connectivity index (χ2n) is 5.52. The van der Waals surface area contributed by atoms with E-state index >= 15 is 0 Å². The lowest BCUT2D eigenvalue weighted by atomic mass is 10.1. The number of nitrogens with two attached hydrogens (primary N) is 1. The van der Waals surface area contributed by atoms with Gasteiger partial charge in [0, 0.05) is 24.0 Å². The van der Waals surface area contributed by atoms with Gasteiger partial charge in [0.2, 0.25) is 5.95 Å². The van der Waals surface area contributed by atoms with E-state index in [1.54, 1.807) is 14.2 Å². The fourth-order valence-corrected chi connectivity index (χ4v) is 2.36. The summed E-state index contributed by atoms with van der Waals surface area (Å²) >= 11 is 0. The van der Waals surface area contributed by atoms with Crippen LogP contribution in [0.25, 0.3) is 0 Å². The molecule has 0 bridgehead atoms. The van der Waals surface area contributed by atoms with Gasteiger partial charge in [-0.3, -0.25) is 11.1 Å². The zero-order chi connectivity index (χ0) is 17.5. The van der Waals surface area contributed by atoms with Gasteiger partial charge in [0.25, 0.3) is 0 Å². The number of nitrogens with one attached hydrogen (secondary N) is 2. The fraction of sp³-hybridized carbons (Fsp3) is 0.412. The van der Waals surface area contributed by atoms with Crippen molar-refractivity contribution in [3.05, 3.63) is 41.2 Å². The van der Waals surface area contributed by atoms with Gasteiger partial charge >= 0.3 is 0 Å². The summed E-state index contributed by atoms with van der Waals surface area (Å²) in [6.07, 6.45) is 0.357. The second-order valence-corrected chi connectivity index (χ2v) is 5.52. The number of nitrogens with zero attached hydrogens (tertiary/aromatic N) is 2. The Labute approximate surface area is 142 Å². The van der Waals surface area contributed by atoms with E-state index in [4.69, 9.17) is 15.2 Å². The minimum atomic E-state index is -0.432. The van der Waals surface area contributed by atoms with E-state index in [2.05, 4.69) is 20.6 Å². The number of aryl methyl sites for hydroxylation is 2. The smallest absolute Gasteiger partial charge is 0.225 e. The van der Waals surface area contributed by atoms with Crippen molar-refractivity contribution >= 4 is 5.95 Å². The highest BCUT2D eigenvalue weighted by atomic mass is 16.5. The highest BCUT2D eigenvalue weighted by molar-refractivity contribution is 5.38. The lowest BCUT2D eigenvalue weighted by Crippen LogP contribution is -2.45. The Bertz CT molecular complexity index is 636. The third kappa shape index (κ3) is 5.36. The van der Waals surface area contributed by atoms with E-state index in [1.807, 2.05) is 38.1 Å². The van der Waals surface area contributed by atoms with Crippen LogP contribution in [0.2, 0.25) is 0 Å². The zero-order valence-electron chi connectivity index (χ0n) is 14.6. The van der Waals surface area contributed by atoms with Crippen molar-refractivity contribution in [1.29, 1.82) is 0 Å². The fourth-order valence-electron chi connectivity index (χ4n) is 2.36. The molecule has 0 aliphatic carbocycles. The Kier molecular flexibility index (Phi) is 6.34. The number of methoxy groups -OCH3 is 2. The average Bonchev–Trinajstić information content (AvgIpc) is 2.53. The zero-order valence-corrected chi connectivity index (χ0v) is 14.6. The molecule has 1 atom stereocenters. The van der Waals surface area contributed by atoms with Gasteiger partial charge in [-0.15, -0.1) is 0 Å². The lowest BCUT2D eigenvalue weighted by molar-refractivity contribution is 0.393. The van der Waals surface area contributed by atoms with Crippen LogP contribution in [-0.4, -0.2) is 37.0 Å². The topological polar surface area (TPSA) is 94.3 Å². The number of hydrogen-bond donors (Lipinski definition) is 3. The van der Waals surface area contributed by atoms with Crippen molar-refractivity contribution in [1.82, 2.24) is 15.3 Å². The summed E-state index contributed by atoms with van der Waals surface area (Å²) < 4.78 is 10.5. The van der Waals surface area contributed by atoms with E-state index in [0.29, 0.717) is 12.5 Å². The monoisotopic (exact) mass is 331 g/mol. The van der Waals surface area contributed by atoms with Crippen molar-refractivity contribution in [2.24, 2.45) is 5.73 Å². The number of ether oxygens (including phenoxy) is 2. The van der Waals surface area contributed by atoms with Crippen LogP contribution in [0.5, 0.6) is 11.5 Å². The van der Waals surface area contributed by atoms with Gasteiger partial charge < -0.3 is 14.8 Å². The van der Waals surface area contributed by atoms with Crippen LogP contribution in [0.15, 0.2) is 24.3 Å². The number of anilines is 1. The Morgan fingerprint density at radius 3 is 2.12 bits per heavy atom. The van der Waals surface area contributed by atoms with Gasteiger partial charge in [-0.25, -0.2) is 9.97 Å². The van der Waals surface area contributed by atoms with E-state index in [9.17, 15) is 0 Å². The van der Waals surface area contributed by atoms with E-state index in [-0.39, 0.29) is 0 Å². The van der Waals surface area contributed by atoms with Gasteiger partial charge in [0.1, 0.15) is 17.8 Å². The molecule has 130 valence electrons. The highest BCUT2D eigenvalue weighted by Gasteiger charge is 2.06. The molecule has 1 aromatic heterocycles. The quantitative estimate of drug-likeness (QED) is 0.632. The molecule has 4 N–H and O–H groups in total. The van der Waals surface area contributed by atoms with Crippen LogP contribution in [0.1, 0.15) is 17.0 Å². The predicted molar refractivity (Wildman–Crippen MR) is 94.4 cm³/mol. The molecule has 7 nitrogen and oxygen atoms in total. The molecule has 2 aromatic rings. The summed E-state index contributed by atoms with van der Waals surface area (Å²) in [4.78, 5) is 8.62. The van der Waals surface area contributed by atoms with Gasteiger partial charge in [0.15, 0.2) is 0 Å². The van der Waals surface area contributed by atoms with Crippen LogP contribution < -0.4 is 25.8 Å². The summed E-state index contributed by atoms with van der Waals surface area (Å²) in [6, 6.07) is 7.73. The SMILES string of the molecule is COc1cc(CCNC(N)Nc2nc(C)cc(C)n2)cc(OC)c1. The number of rotatable bonds is 8. The third-order valence-electron chi connectivity index (χ3n) is 3.46. The largest absolute Gasteiger partial charge is 0.497 e. The molecule has 0 aliphatic rings. The Balaban J connectivity index is 1.87. The Morgan fingerprint density at radius 2 is 1.58 bits per heavy atom. The van der Waals surface area contributed by atoms with Crippen molar-refractivity contribution in [2.45, 2.75) is 26.6 Å². The Morgan fingerprint density at radius 1 is 1.00 bits per heavy atom. The van der Waals surface area contributed by atoms with Crippen molar-refractivity contribution in [3.63, 3.8) is 0 Å². The minimum absolute atomic E-state index is 0.432. The number of hydrogen-bond acceptors (Lipinski definition) is 7. The minimum Gasteiger partial charge on any atom is -0.497 e. The molecule has 1 heterocycles. The van der Waals surface area contributed by atoms with E-state index < -0.39 is 6.29 Å². The molecule has 0 radical (unpaired) electrons. The molecule has 0 saturated carbocycles. The van der Waals surface area contributed by atoms with Crippen LogP contribution >= 0.6 is 0 Å². The van der Waals surface area contributed by atoms with Gasteiger partial charge in [-0.05, 0) is 44.0 Å². The maximum atomic E-state index is 6.03. The number of aromatic nitrogens is 2. The van der Waals surface area contributed by atoms with E-state index in [1.165, 1.54) is 0 Å². The summed E-state index contributed by atoms with van der Waals surface area (Å²) in [7, 11) is 3.28. The van der Waals surface area contributed by atoms with Crippen LogP contribution in [0, 0.1) is 13.8 Å². The van der Waals surface area contributed by atoms with Crippen molar-refractivity contribution in [2.75, 3.05) is 26.1 Å². The first kappa shape index (κ1) is 18.0. The molecule has 2 rings (SSSR count). The molecule has 1 aromatic carbocycles. The van der Waals surface area contributed by atoms with Gasteiger partial charge in [-0.2, -0.15) is 0 Å². The normalized spacial score (nSPS) is 11.9. The predicted octanol–water partition coefficient (Wildman–Crippen LogP) is 1.60. The first-order chi connectivity index (χ1) is 11.5. The van der Waals surface area contributed by atoms with Crippen LogP contribution in [0.3, 0.4) is 0 Å². The molecule has 24 heavy (non-hydrogen) atoms. The highest BCUT2D eigenvalue weighted by Crippen LogP contribution is 2.22. The first-order valence-electron chi connectivity index (χ1n) is 7.80. The number of benzene rings is 1. The summed E-state index contributed by atoms with van der Waals surface area (Å²) in [5, 5.41) is 6.25. The van der Waals surface area contributed by atoms with Gasteiger partial charge in [-0.1, -0.05) is 0 Å². The van der Waals surface area contributed by atoms with Crippen LogP contribution in [-0.2, 0) is 6.42 Å². The van der Waals surface area contributed by atoms with Gasteiger partial charge in [0.05, 0.1) is 14.2 Å². The summed E-state index contributed by atoms with van der Waals surface area (Å²) in [5.41, 5.74) is 8.94. The lowest BCUT2D eigenvalue weighted by Gasteiger charge is -2.16. The maximum Gasteiger partial charge on any atom is 0.225 e. The maximum absolute atomic E-state index is 6.03. The molecule has 0 spiro atoms. The molecule has 1 unspecified atom stereocenters. The molecule has 0 fully saturated rings. The molecule has 7 heteroatoms. The molecule has 0 saturated heterocycles. The van der Waals surface area contributed by atoms with Crippen molar-refractivity contribution in [3.8, 4) is 11.5 Å². The first-order valence-corrected chi connectivity index (χ1v) is 7.80. The standard InChI is InChI=1S/C17H25N5O2/c1-11-7-12(2)21-17(20-11)22-16(18)19-6-5-13-8-14(23-3)10-15(9-13)24-4/h7-10,16,19H,5-6,18H2,1-4H3,(H,20,21,22). The van der Waals surface area contributed by atoms with Crippen molar-refractivity contribution < 1.29 is 9.47 Å². The summed E-state index contributed by atoms with van der Waals surface area (Å²) in [6.45, 7) is 4.54. The molecular formula is C17H25N5O2. The summed E-state index contributed by atoms with van der Waals surface area (Å²) in [5.74, 6) is 2.07. The average molecular weight is 331 g/mol. The second kappa shape index (κ2) is 8.47. The molecule has 0 amide bonds.